The van der Waals surface area contributed by atoms with Crippen LogP contribution in [-0.4, -0.2) is 0 Å². The first-order valence-electron chi connectivity index (χ1n) is 9.38. The molecule has 0 bridgehead atoms. The highest BCUT2D eigenvalue weighted by Crippen LogP contribution is 2.13. The van der Waals surface area contributed by atoms with Crippen molar-refractivity contribution in [3.05, 3.63) is 65.5 Å². The van der Waals surface area contributed by atoms with Crippen LogP contribution in [0.2, 0.25) is 0 Å². The van der Waals surface area contributed by atoms with E-state index in [1.807, 2.05) is 0 Å². The normalized spacial score (nSPS) is 10.9. The molecule has 2 rings (SSSR count). The average Bonchev–Trinajstić information content (AvgIpc) is 2.60. The second kappa shape index (κ2) is 10.2. The topological polar surface area (TPSA) is 3.88 Å². The number of aryl methyl sites for hydroxylation is 4. The fraction of sp³-hybridized carbons (Fsp3) is 0.500. The van der Waals surface area contributed by atoms with Crippen molar-refractivity contribution in [3.63, 3.8) is 0 Å². The van der Waals surface area contributed by atoms with E-state index >= 15 is 0 Å². The SMILES string of the molecule is CCCCc1cc[n+](CCCc2ccccc2)cc1CCCC. The van der Waals surface area contributed by atoms with Crippen molar-refractivity contribution in [2.24, 2.45) is 0 Å². The van der Waals surface area contributed by atoms with Gasteiger partial charge in [-0.3, -0.25) is 0 Å². The fourth-order valence-electron chi connectivity index (χ4n) is 3.07. The summed E-state index contributed by atoms with van der Waals surface area (Å²) in [5.41, 5.74) is 4.58. The summed E-state index contributed by atoms with van der Waals surface area (Å²) in [6, 6.07) is 13.2. The largest absolute Gasteiger partial charge is 0.205 e. The Morgan fingerprint density at radius 2 is 1.43 bits per heavy atom. The van der Waals surface area contributed by atoms with Crippen LogP contribution in [-0.2, 0) is 25.8 Å². The van der Waals surface area contributed by atoms with Crippen molar-refractivity contribution in [2.75, 3.05) is 0 Å². The number of pyridine rings is 1. The van der Waals surface area contributed by atoms with E-state index in [1.54, 1.807) is 11.1 Å². The Balaban J connectivity index is 1.95. The van der Waals surface area contributed by atoms with Crippen LogP contribution in [0.15, 0.2) is 48.8 Å². The lowest BCUT2D eigenvalue weighted by molar-refractivity contribution is -0.697. The molecular formula is C22H32N+. The van der Waals surface area contributed by atoms with E-state index in [2.05, 4.69) is 67.2 Å². The van der Waals surface area contributed by atoms with Gasteiger partial charge in [0.05, 0.1) is 0 Å². The second-order valence-corrected chi connectivity index (χ2v) is 6.53. The first kappa shape index (κ1) is 17.7. The smallest absolute Gasteiger partial charge is 0.172 e. The maximum Gasteiger partial charge on any atom is 0.172 e. The molecule has 1 heterocycles. The lowest BCUT2D eigenvalue weighted by Crippen LogP contribution is -2.34. The summed E-state index contributed by atoms with van der Waals surface area (Å²) in [5.74, 6) is 0. The molecule has 0 aliphatic heterocycles. The van der Waals surface area contributed by atoms with Crippen molar-refractivity contribution in [3.8, 4) is 0 Å². The summed E-state index contributed by atoms with van der Waals surface area (Å²) in [4.78, 5) is 0. The van der Waals surface area contributed by atoms with Gasteiger partial charge in [-0.1, -0.05) is 57.0 Å². The lowest BCUT2D eigenvalue weighted by Gasteiger charge is -2.08. The van der Waals surface area contributed by atoms with Gasteiger partial charge in [0, 0.05) is 18.1 Å². The number of hydrogen-bond donors (Lipinski definition) is 0. The van der Waals surface area contributed by atoms with E-state index in [4.69, 9.17) is 0 Å². The molecule has 0 aliphatic carbocycles. The molecule has 1 nitrogen and oxygen atoms in total. The molecule has 1 aromatic carbocycles. The number of benzene rings is 1. The van der Waals surface area contributed by atoms with Crippen LogP contribution in [0.5, 0.6) is 0 Å². The van der Waals surface area contributed by atoms with Gasteiger partial charge in [-0.15, -0.1) is 0 Å². The maximum absolute atomic E-state index is 2.41. The zero-order valence-electron chi connectivity index (χ0n) is 14.9. The lowest BCUT2D eigenvalue weighted by atomic mass is 10.00. The zero-order chi connectivity index (χ0) is 16.3. The molecule has 0 unspecified atom stereocenters. The van der Waals surface area contributed by atoms with Crippen LogP contribution in [0.1, 0.15) is 62.6 Å². The molecule has 0 amide bonds. The van der Waals surface area contributed by atoms with E-state index in [-0.39, 0.29) is 0 Å². The highest BCUT2D eigenvalue weighted by molar-refractivity contribution is 5.21. The van der Waals surface area contributed by atoms with E-state index in [0.717, 1.165) is 13.0 Å². The Bertz CT molecular complexity index is 559. The molecule has 0 saturated heterocycles. The van der Waals surface area contributed by atoms with Crippen LogP contribution in [0.25, 0.3) is 0 Å². The number of nitrogens with zero attached hydrogens (tertiary/aromatic N) is 1. The minimum Gasteiger partial charge on any atom is -0.205 e. The maximum atomic E-state index is 2.41. The van der Waals surface area contributed by atoms with Gasteiger partial charge in [-0.2, -0.15) is 0 Å². The highest BCUT2D eigenvalue weighted by Gasteiger charge is 2.09. The minimum absolute atomic E-state index is 1.11. The first-order chi connectivity index (χ1) is 11.3. The summed E-state index contributed by atoms with van der Waals surface area (Å²) in [5, 5.41) is 0. The Morgan fingerprint density at radius 1 is 0.739 bits per heavy atom. The van der Waals surface area contributed by atoms with Gasteiger partial charge < -0.3 is 0 Å². The molecule has 0 spiro atoms. The van der Waals surface area contributed by atoms with Crippen LogP contribution in [0.3, 0.4) is 0 Å². The quantitative estimate of drug-likeness (QED) is 0.525. The van der Waals surface area contributed by atoms with E-state index in [9.17, 15) is 0 Å². The van der Waals surface area contributed by atoms with Gasteiger partial charge in [0.15, 0.2) is 12.4 Å². The summed E-state index contributed by atoms with van der Waals surface area (Å²) in [6.07, 6.45) is 14.7. The van der Waals surface area contributed by atoms with Gasteiger partial charge >= 0.3 is 0 Å². The van der Waals surface area contributed by atoms with Gasteiger partial charge in [-0.05, 0) is 43.2 Å². The molecule has 23 heavy (non-hydrogen) atoms. The van der Waals surface area contributed by atoms with E-state index in [1.165, 1.54) is 50.5 Å². The Hall–Kier alpha value is -1.63. The third kappa shape index (κ3) is 6.17. The summed E-state index contributed by atoms with van der Waals surface area (Å²) in [7, 11) is 0. The van der Waals surface area contributed by atoms with E-state index in [0.29, 0.717) is 0 Å². The number of hydrogen-bond acceptors (Lipinski definition) is 0. The Morgan fingerprint density at radius 3 is 2.13 bits per heavy atom. The third-order valence-electron chi connectivity index (χ3n) is 4.53. The molecule has 0 atom stereocenters. The van der Waals surface area contributed by atoms with Crippen molar-refractivity contribution in [1.82, 2.24) is 0 Å². The average molecular weight is 311 g/mol. The molecular weight excluding hydrogens is 278 g/mol. The van der Waals surface area contributed by atoms with Gasteiger partial charge in [0.1, 0.15) is 6.54 Å². The number of unbranched alkanes of at least 4 members (excludes halogenated alkanes) is 2. The van der Waals surface area contributed by atoms with Gasteiger partial charge in [0.2, 0.25) is 0 Å². The summed E-state index contributed by atoms with van der Waals surface area (Å²) >= 11 is 0. The third-order valence-corrected chi connectivity index (χ3v) is 4.53. The molecule has 1 aromatic heterocycles. The molecule has 2 aromatic rings. The Labute approximate surface area is 142 Å². The Kier molecular flexibility index (Phi) is 7.86. The van der Waals surface area contributed by atoms with Gasteiger partial charge in [-0.25, -0.2) is 4.57 Å². The molecule has 0 aliphatic rings. The van der Waals surface area contributed by atoms with E-state index < -0.39 is 0 Å². The van der Waals surface area contributed by atoms with Crippen LogP contribution in [0.4, 0.5) is 0 Å². The number of aromatic nitrogens is 1. The predicted octanol–water partition coefficient (Wildman–Crippen LogP) is 5.29. The molecule has 0 N–H and O–H groups in total. The molecule has 1 heteroatoms. The van der Waals surface area contributed by atoms with Crippen molar-refractivity contribution in [2.45, 2.75) is 71.8 Å². The van der Waals surface area contributed by atoms with Crippen molar-refractivity contribution in [1.29, 1.82) is 0 Å². The van der Waals surface area contributed by atoms with Crippen molar-refractivity contribution < 1.29 is 4.57 Å². The molecule has 0 radical (unpaired) electrons. The van der Waals surface area contributed by atoms with Gasteiger partial charge in [0.25, 0.3) is 0 Å². The zero-order valence-corrected chi connectivity index (χ0v) is 14.9. The van der Waals surface area contributed by atoms with Crippen molar-refractivity contribution >= 4 is 0 Å². The second-order valence-electron chi connectivity index (χ2n) is 6.53. The molecule has 0 saturated carbocycles. The monoisotopic (exact) mass is 310 g/mol. The molecule has 0 fully saturated rings. The highest BCUT2D eigenvalue weighted by atomic mass is 14.9. The predicted molar refractivity (Wildman–Crippen MR) is 98.6 cm³/mol. The van der Waals surface area contributed by atoms with Crippen LogP contribution in [0, 0.1) is 0 Å². The summed E-state index contributed by atoms with van der Waals surface area (Å²) in [6.45, 7) is 5.67. The summed E-state index contributed by atoms with van der Waals surface area (Å²) < 4.78 is 2.39. The first-order valence-corrected chi connectivity index (χ1v) is 9.38. The van der Waals surface area contributed by atoms with Crippen LogP contribution >= 0.6 is 0 Å². The number of rotatable bonds is 10. The fourth-order valence-corrected chi connectivity index (χ4v) is 3.07. The minimum atomic E-state index is 1.11. The van der Waals surface area contributed by atoms with Crippen LogP contribution < -0.4 is 4.57 Å². The standard InChI is InChI=1S/C22H32N/c1-3-5-14-21-16-18-23(19-22(21)15-6-4-2)17-10-13-20-11-8-7-9-12-20/h7-9,11-12,16,18-19H,3-6,10,13-15,17H2,1-2H3/q+1. The molecule has 124 valence electrons.